The Bertz CT molecular complexity index is 932. The maximum absolute atomic E-state index is 15.3. The molecule has 2 heterocycles. The molecule has 0 amide bonds. The van der Waals surface area contributed by atoms with Crippen LogP contribution in [0.1, 0.15) is 36.4 Å². The van der Waals surface area contributed by atoms with Gasteiger partial charge in [-0.05, 0) is 69.9 Å². The number of nitrogens with two attached hydrogens (primary N) is 1. The molecule has 0 radical (unpaired) electrons. The summed E-state index contributed by atoms with van der Waals surface area (Å²) in [6, 6.07) is 3.59. The molecule has 1 unspecified atom stereocenters. The number of anilines is 1. The van der Waals surface area contributed by atoms with Gasteiger partial charge in [0.1, 0.15) is 5.82 Å². The topological polar surface area (TPSA) is 54.5 Å². The van der Waals surface area contributed by atoms with Gasteiger partial charge in [0, 0.05) is 37.1 Å². The quantitative estimate of drug-likeness (QED) is 0.877. The second kappa shape index (κ2) is 6.91. The van der Waals surface area contributed by atoms with Crippen LogP contribution in [0.2, 0.25) is 0 Å². The van der Waals surface area contributed by atoms with Crippen molar-refractivity contribution in [2.45, 2.75) is 38.8 Å². The molecule has 4 rings (SSSR count). The van der Waals surface area contributed by atoms with Crippen LogP contribution in [-0.2, 0) is 6.54 Å². The third kappa shape index (κ3) is 3.25. The van der Waals surface area contributed by atoms with Gasteiger partial charge in [-0.25, -0.2) is 4.39 Å². The van der Waals surface area contributed by atoms with Gasteiger partial charge in [-0.2, -0.15) is 0 Å². The van der Waals surface area contributed by atoms with Crippen LogP contribution in [0, 0.1) is 18.7 Å². The van der Waals surface area contributed by atoms with Gasteiger partial charge >= 0.3 is 0 Å². The van der Waals surface area contributed by atoms with Crippen LogP contribution >= 0.6 is 0 Å². The summed E-state index contributed by atoms with van der Waals surface area (Å²) in [5.74, 6) is 0.212. The van der Waals surface area contributed by atoms with Crippen LogP contribution < -0.4 is 16.2 Å². The van der Waals surface area contributed by atoms with Gasteiger partial charge in [0.2, 0.25) is 0 Å². The van der Waals surface area contributed by atoms with E-state index >= 15 is 4.39 Å². The summed E-state index contributed by atoms with van der Waals surface area (Å²) in [6.07, 6.45) is 3.03. The lowest BCUT2D eigenvalue weighted by molar-refractivity contribution is 0.403. The van der Waals surface area contributed by atoms with E-state index < -0.39 is 0 Å². The number of hydrogen-bond acceptors (Lipinski definition) is 4. The van der Waals surface area contributed by atoms with Crippen molar-refractivity contribution in [1.29, 1.82) is 0 Å². The first-order valence-corrected chi connectivity index (χ1v) is 9.87. The second-order valence-corrected chi connectivity index (χ2v) is 8.41. The van der Waals surface area contributed by atoms with Crippen molar-refractivity contribution >= 4 is 16.6 Å². The summed E-state index contributed by atoms with van der Waals surface area (Å²) in [4.78, 5) is 17.0. The first-order valence-electron chi connectivity index (χ1n) is 9.87. The third-order valence-corrected chi connectivity index (χ3v) is 5.92. The van der Waals surface area contributed by atoms with Crippen LogP contribution in [0.25, 0.3) is 10.9 Å². The van der Waals surface area contributed by atoms with E-state index in [0.717, 1.165) is 54.4 Å². The Balaban J connectivity index is 1.95. The van der Waals surface area contributed by atoms with Crippen molar-refractivity contribution in [2.24, 2.45) is 11.7 Å². The molecule has 2 aliphatic rings. The highest BCUT2D eigenvalue weighted by Gasteiger charge is 2.31. The molecule has 1 saturated carbocycles. The fraction of sp³-hybridized carbons (Fsp3) is 0.571. The molecule has 6 heteroatoms. The number of aryl methyl sites for hydroxylation is 1. The zero-order valence-corrected chi connectivity index (χ0v) is 16.5. The molecule has 27 heavy (non-hydrogen) atoms. The predicted octanol–water partition coefficient (Wildman–Crippen LogP) is 2.63. The van der Waals surface area contributed by atoms with E-state index in [2.05, 4.69) is 4.90 Å². The fourth-order valence-electron chi connectivity index (χ4n) is 4.50. The van der Waals surface area contributed by atoms with Crippen molar-refractivity contribution in [3.05, 3.63) is 39.4 Å². The summed E-state index contributed by atoms with van der Waals surface area (Å²) in [5, 5.41) is 0.864. The van der Waals surface area contributed by atoms with Gasteiger partial charge in [0.05, 0.1) is 11.2 Å². The minimum absolute atomic E-state index is 0.0313. The summed E-state index contributed by atoms with van der Waals surface area (Å²) >= 11 is 0. The number of rotatable bonds is 5. The molecule has 146 valence electrons. The zero-order chi connectivity index (χ0) is 19.3. The molecule has 2 N–H and O–H groups in total. The average Bonchev–Trinajstić information content (AvgIpc) is 3.33. The van der Waals surface area contributed by atoms with Crippen LogP contribution in [0.3, 0.4) is 0 Å². The van der Waals surface area contributed by atoms with Gasteiger partial charge in [0.15, 0.2) is 0 Å². The smallest absolute Gasteiger partial charge is 0.251 e. The average molecular weight is 372 g/mol. The van der Waals surface area contributed by atoms with Crippen LogP contribution in [0.15, 0.2) is 16.9 Å². The summed E-state index contributed by atoms with van der Waals surface area (Å²) in [6.45, 7) is 4.81. The van der Waals surface area contributed by atoms with Gasteiger partial charge in [0.25, 0.3) is 5.56 Å². The molecular formula is C21H29FN4O. The normalized spacial score (nSPS) is 20.2. The second-order valence-electron chi connectivity index (χ2n) is 8.41. The maximum Gasteiger partial charge on any atom is 0.251 e. The molecule has 0 bridgehead atoms. The third-order valence-electron chi connectivity index (χ3n) is 5.92. The summed E-state index contributed by atoms with van der Waals surface area (Å²) in [5.41, 5.74) is 9.20. The van der Waals surface area contributed by atoms with Crippen molar-refractivity contribution < 1.29 is 4.39 Å². The van der Waals surface area contributed by atoms with E-state index in [-0.39, 0.29) is 17.4 Å². The molecule has 1 saturated heterocycles. The molecule has 1 atom stereocenters. The monoisotopic (exact) mass is 372 g/mol. The number of nitrogens with zero attached hydrogens (tertiary/aromatic N) is 3. The molecule has 1 aromatic heterocycles. The van der Waals surface area contributed by atoms with Crippen LogP contribution in [0.5, 0.6) is 0 Å². The van der Waals surface area contributed by atoms with Crippen molar-refractivity contribution in [3.8, 4) is 0 Å². The van der Waals surface area contributed by atoms with E-state index in [1.54, 1.807) is 12.1 Å². The number of halogens is 1. The fourth-order valence-corrected chi connectivity index (χ4v) is 4.50. The van der Waals surface area contributed by atoms with E-state index in [0.29, 0.717) is 24.7 Å². The lowest BCUT2D eigenvalue weighted by atomic mass is 10.0. The minimum Gasteiger partial charge on any atom is -0.369 e. The minimum atomic E-state index is -0.196. The van der Waals surface area contributed by atoms with Crippen LogP contribution in [-0.4, -0.2) is 43.2 Å². The Morgan fingerprint density at radius 2 is 2.00 bits per heavy atom. The Kier molecular flexibility index (Phi) is 4.72. The largest absolute Gasteiger partial charge is 0.369 e. The van der Waals surface area contributed by atoms with Gasteiger partial charge in [-0.3, -0.25) is 4.79 Å². The predicted molar refractivity (Wildman–Crippen MR) is 108 cm³/mol. The lowest BCUT2D eigenvalue weighted by Gasteiger charge is -2.25. The van der Waals surface area contributed by atoms with E-state index in [1.165, 1.54) is 0 Å². The summed E-state index contributed by atoms with van der Waals surface area (Å²) < 4.78 is 17.2. The molecule has 0 spiro atoms. The van der Waals surface area contributed by atoms with E-state index in [4.69, 9.17) is 5.73 Å². The number of hydrogen-bond donors (Lipinski definition) is 1. The molecule has 2 fully saturated rings. The number of benzene rings is 1. The molecule has 1 aliphatic heterocycles. The number of fused-ring (bicyclic) bond motifs is 1. The van der Waals surface area contributed by atoms with Gasteiger partial charge in [-0.1, -0.05) is 0 Å². The van der Waals surface area contributed by atoms with Gasteiger partial charge in [-0.15, -0.1) is 0 Å². The molecule has 2 aromatic rings. The van der Waals surface area contributed by atoms with Crippen molar-refractivity contribution in [3.63, 3.8) is 0 Å². The van der Waals surface area contributed by atoms with Crippen molar-refractivity contribution in [1.82, 2.24) is 9.47 Å². The molecule has 1 aromatic carbocycles. The molecule has 5 nitrogen and oxygen atoms in total. The maximum atomic E-state index is 15.3. The first kappa shape index (κ1) is 18.4. The highest BCUT2D eigenvalue weighted by molar-refractivity contribution is 5.90. The molecular weight excluding hydrogens is 343 g/mol. The number of pyridine rings is 1. The Labute approximate surface area is 159 Å². The van der Waals surface area contributed by atoms with E-state index in [1.807, 2.05) is 30.5 Å². The Morgan fingerprint density at radius 3 is 2.59 bits per heavy atom. The Morgan fingerprint density at radius 1 is 1.26 bits per heavy atom. The standard InChI is InChI=1S/C21H29FN4O/c1-13-20-17(9-18(22)21(13)25-7-6-14(10-23)11-25)15(12-24(2)3)8-19(27)26(20)16-4-5-16/h8-9,14,16H,4-7,10-12,23H2,1-3H3. The van der Waals surface area contributed by atoms with Crippen molar-refractivity contribution in [2.75, 3.05) is 38.6 Å². The van der Waals surface area contributed by atoms with Gasteiger partial charge < -0.3 is 20.1 Å². The first-order chi connectivity index (χ1) is 12.9. The Hall–Kier alpha value is -1.92. The highest BCUT2D eigenvalue weighted by Crippen LogP contribution is 2.40. The highest BCUT2D eigenvalue weighted by atomic mass is 19.1. The lowest BCUT2D eigenvalue weighted by Crippen LogP contribution is -2.26. The number of aromatic nitrogens is 1. The molecule has 1 aliphatic carbocycles. The SMILES string of the molecule is Cc1c(N2CCC(CN)C2)c(F)cc2c(CN(C)C)cc(=O)n(C3CC3)c12. The van der Waals surface area contributed by atoms with Crippen LogP contribution in [0.4, 0.5) is 10.1 Å². The zero-order valence-electron chi connectivity index (χ0n) is 16.5. The van der Waals surface area contributed by atoms with E-state index in [9.17, 15) is 4.79 Å². The summed E-state index contributed by atoms with van der Waals surface area (Å²) in [7, 11) is 3.93.